The van der Waals surface area contributed by atoms with Crippen molar-refractivity contribution in [2.24, 2.45) is 23.7 Å². The Kier molecular flexibility index (Phi) is 18.6. The molecule has 13 heteroatoms. The Bertz CT molecular complexity index is 1340. The smallest absolute Gasteiger partial charge is 0.408 e. The number of benzene rings is 1. The molecule has 0 heterocycles. The monoisotopic (exact) mass is 761 g/mol. The molecule has 0 radical (unpaired) electrons. The van der Waals surface area contributed by atoms with E-state index in [1.807, 2.05) is 46.1 Å². The van der Waals surface area contributed by atoms with E-state index in [1.165, 1.54) is 22.9 Å². The maximum absolute atomic E-state index is 13.8. The third kappa shape index (κ3) is 16.3. The van der Waals surface area contributed by atoms with Gasteiger partial charge in [0.15, 0.2) is 0 Å². The van der Waals surface area contributed by atoms with Crippen molar-refractivity contribution in [3.05, 3.63) is 35.4 Å². The van der Waals surface area contributed by atoms with Gasteiger partial charge in [0.1, 0.15) is 23.7 Å². The predicted molar refractivity (Wildman–Crippen MR) is 211 cm³/mol. The Balaban J connectivity index is 2.11. The Hall–Kier alpha value is -3.32. The number of hydrogen-bond donors (Lipinski definition) is 6. The van der Waals surface area contributed by atoms with Crippen LogP contribution in [0, 0.1) is 23.7 Å². The number of ether oxygens (including phenoxy) is 1. The number of aliphatic hydroxyl groups excluding tert-OH is 1. The Morgan fingerprint density at radius 3 is 1.85 bits per heavy atom. The van der Waals surface area contributed by atoms with Crippen LogP contribution in [0.15, 0.2) is 24.3 Å². The first-order chi connectivity index (χ1) is 24.7. The number of aliphatic hydroxyl groups is 1. The van der Waals surface area contributed by atoms with Gasteiger partial charge in [-0.2, -0.15) is 11.8 Å². The summed E-state index contributed by atoms with van der Waals surface area (Å²) in [6, 6.07) is 4.81. The molecule has 0 aromatic heterocycles. The summed E-state index contributed by atoms with van der Waals surface area (Å²) in [5.74, 6) is -1.67. The fourth-order valence-electron chi connectivity index (χ4n) is 6.45. The molecule has 0 unspecified atom stereocenters. The van der Waals surface area contributed by atoms with Gasteiger partial charge < -0.3 is 36.4 Å². The van der Waals surface area contributed by atoms with Crippen LogP contribution < -0.4 is 26.6 Å². The number of fused-ring (bicyclic) bond motifs is 1. The topological polar surface area (TPSA) is 175 Å². The normalized spacial score (nSPS) is 16.6. The maximum Gasteiger partial charge on any atom is 0.408 e. The molecule has 12 nitrogen and oxygen atoms in total. The number of rotatable bonds is 20. The number of thioether (sulfide) groups is 1. The van der Waals surface area contributed by atoms with Crippen LogP contribution in [0.2, 0.25) is 0 Å². The molecule has 300 valence electrons. The molecule has 0 fully saturated rings. The molecule has 6 N–H and O–H groups in total. The third-order valence-electron chi connectivity index (χ3n) is 9.16. The van der Waals surface area contributed by atoms with Crippen molar-refractivity contribution in [3.63, 3.8) is 0 Å². The maximum atomic E-state index is 13.8. The lowest BCUT2D eigenvalue weighted by atomic mass is 9.91. The lowest BCUT2D eigenvalue weighted by Gasteiger charge is -2.31. The van der Waals surface area contributed by atoms with E-state index in [-0.39, 0.29) is 42.0 Å². The van der Waals surface area contributed by atoms with E-state index in [0.29, 0.717) is 25.0 Å². The summed E-state index contributed by atoms with van der Waals surface area (Å²) in [5, 5.41) is 25.9. The lowest BCUT2D eigenvalue weighted by Crippen LogP contribution is -2.58. The minimum absolute atomic E-state index is 0.0341. The van der Waals surface area contributed by atoms with E-state index >= 15 is 0 Å². The predicted octanol–water partition coefficient (Wildman–Crippen LogP) is 4.51. The quantitative estimate of drug-likeness (QED) is 0.113. The molecule has 1 aliphatic carbocycles. The number of nitrogens with one attached hydrogen (secondary N) is 5. The number of hydrogen-bond acceptors (Lipinski definition) is 8. The number of amides is 5. The van der Waals surface area contributed by atoms with Crippen molar-refractivity contribution in [2.75, 3.05) is 12.0 Å². The van der Waals surface area contributed by atoms with Crippen LogP contribution in [-0.4, -0.2) is 88.8 Å². The first kappa shape index (κ1) is 45.8. The molecular weight excluding hydrogens is 695 g/mol. The molecule has 2 rings (SSSR count). The van der Waals surface area contributed by atoms with Crippen LogP contribution in [0.1, 0.15) is 106 Å². The Morgan fingerprint density at radius 2 is 1.34 bits per heavy atom. The average molecular weight is 762 g/mol. The molecule has 0 aliphatic heterocycles. The Labute approximate surface area is 321 Å². The largest absolute Gasteiger partial charge is 0.444 e. The molecule has 53 heavy (non-hydrogen) atoms. The van der Waals surface area contributed by atoms with E-state index in [0.717, 1.165) is 12.8 Å². The molecule has 1 aromatic rings. The standard InChI is InChI=1S/C40H67N5O7S/c1-23(2)18-31(43-36(48)30(16-17-53-11)42-38(50)34(25(5)6)45-39(51)52-40(8,9)10)33(46)20-26(7)35(47)44-32(19-24(3)4)37(49)41-29-21-27-14-12-13-15-28(27)22-29/h12-15,23-26,29-34,46H,16-22H2,1-11H3,(H,41,49)(H,42,50)(H,43,48)(H,44,47)(H,45,51)/t26-,30+,31+,32+,33+,34+/m1/s1. The molecular formula is C40H67N5O7S. The SMILES string of the molecule is CSCC[C@H](NC(=O)[C@@H](NC(=O)OC(C)(C)C)C(C)C)C(=O)N[C@@H](CC(C)C)[C@@H](O)C[C@@H](C)C(=O)N[C@@H](CC(C)C)C(=O)NC1Cc2ccccc2C1. The van der Waals surface area contributed by atoms with Crippen LogP contribution in [0.5, 0.6) is 0 Å². The zero-order chi connectivity index (χ0) is 40.0. The molecule has 6 atom stereocenters. The summed E-state index contributed by atoms with van der Waals surface area (Å²) in [6.45, 7) is 18.4. The van der Waals surface area contributed by atoms with Gasteiger partial charge >= 0.3 is 6.09 Å². The zero-order valence-corrected chi connectivity index (χ0v) is 34.7. The molecule has 0 saturated heterocycles. The average Bonchev–Trinajstić information content (AvgIpc) is 3.45. The second-order valence-corrected chi connectivity index (χ2v) is 17.7. The molecule has 0 saturated carbocycles. The summed E-state index contributed by atoms with van der Waals surface area (Å²) in [6.07, 6.45) is 2.86. The van der Waals surface area contributed by atoms with E-state index in [1.54, 1.807) is 41.5 Å². The molecule has 1 aliphatic rings. The fourth-order valence-corrected chi connectivity index (χ4v) is 6.92. The van der Waals surface area contributed by atoms with Crippen LogP contribution in [0.3, 0.4) is 0 Å². The summed E-state index contributed by atoms with van der Waals surface area (Å²) < 4.78 is 5.35. The van der Waals surface area contributed by atoms with Gasteiger partial charge in [-0.15, -0.1) is 0 Å². The minimum Gasteiger partial charge on any atom is -0.444 e. The molecule has 0 bridgehead atoms. The van der Waals surface area contributed by atoms with Gasteiger partial charge in [-0.1, -0.05) is 72.7 Å². The minimum atomic E-state index is -1.08. The van der Waals surface area contributed by atoms with Gasteiger partial charge in [-0.05, 0) is 100 Å². The van der Waals surface area contributed by atoms with Gasteiger partial charge in [-0.25, -0.2) is 4.79 Å². The van der Waals surface area contributed by atoms with Crippen LogP contribution in [0.4, 0.5) is 4.79 Å². The molecule has 5 amide bonds. The van der Waals surface area contributed by atoms with E-state index in [4.69, 9.17) is 4.74 Å². The number of carbonyl (C=O) groups is 5. The first-order valence-electron chi connectivity index (χ1n) is 19.1. The summed E-state index contributed by atoms with van der Waals surface area (Å²) in [5.41, 5.74) is 1.70. The van der Waals surface area contributed by atoms with Gasteiger partial charge in [0.25, 0.3) is 0 Å². The van der Waals surface area contributed by atoms with Crippen molar-refractivity contribution in [1.82, 2.24) is 26.6 Å². The first-order valence-corrected chi connectivity index (χ1v) is 20.5. The highest BCUT2D eigenvalue weighted by atomic mass is 32.2. The van der Waals surface area contributed by atoms with Gasteiger partial charge in [0.05, 0.1) is 12.1 Å². The lowest BCUT2D eigenvalue weighted by molar-refractivity contribution is -0.132. The van der Waals surface area contributed by atoms with Gasteiger partial charge in [0.2, 0.25) is 23.6 Å². The second kappa shape index (κ2) is 21.5. The highest BCUT2D eigenvalue weighted by Gasteiger charge is 2.34. The van der Waals surface area contributed by atoms with Crippen LogP contribution in [0.25, 0.3) is 0 Å². The number of alkyl carbamates (subject to hydrolysis) is 1. The Morgan fingerprint density at radius 1 is 0.774 bits per heavy atom. The van der Waals surface area contributed by atoms with Gasteiger partial charge in [-0.3, -0.25) is 19.2 Å². The van der Waals surface area contributed by atoms with Crippen molar-refractivity contribution in [1.29, 1.82) is 0 Å². The fraction of sp³-hybridized carbons (Fsp3) is 0.725. The van der Waals surface area contributed by atoms with Crippen LogP contribution >= 0.6 is 11.8 Å². The summed E-state index contributed by atoms with van der Waals surface area (Å²) in [7, 11) is 0. The van der Waals surface area contributed by atoms with Crippen molar-refractivity contribution < 1.29 is 33.8 Å². The highest BCUT2D eigenvalue weighted by Crippen LogP contribution is 2.22. The second-order valence-electron chi connectivity index (χ2n) is 16.7. The van der Waals surface area contributed by atoms with Crippen molar-refractivity contribution >= 4 is 41.5 Å². The summed E-state index contributed by atoms with van der Waals surface area (Å²) >= 11 is 1.53. The van der Waals surface area contributed by atoms with Gasteiger partial charge in [0, 0.05) is 12.0 Å². The van der Waals surface area contributed by atoms with Crippen LogP contribution in [-0.2, 0) is 36.8 Å². The highest BCUT2D eigenvalue weighted by molar-refractivity contribution is 7.98. The van der Waals surface area contributed by atoms with E-state index in [2.05, 4.69) is 38.7 Å². The number of carbonyl (C=O) groups excluding carboxylic acids is 5. The third-order valence-corrected chi connectivity index (χ3v) is 9.81. The van der Waals surface area contributed by atoms with Crippen molar-refractivity contribution in [3.8, 4) is 0 Å². The van der Waals surface area contributed by atoms with Crippen molar-refractivity contribution in [2.45, 2.75) is 150 Å². The molecule has 1 aromatic carbocycles. The van der Waals surface area contributed by atoms with E-state index < -0.39 is 59.7 Å². The molecule has 0 spiro atoms. The summed E-state index contributed by atoms with van der Waals surface area (Å²) in [4.78, 5) is 66.6. The zero-order valence-electron chi connectivity index (χ0n) is 33.8. The van der Waals surface area contributed by atoms with E-state index in [9.17, 15) is 29.1 Å².